The van der Waals surface area contributed by atoms with Crippen molar-refractivity contribution < 1.29 is 8.42 Å². The summed E-state index contributed by atoms with van der Waals surface area (Å²) in [7, 11) is -3.25. The molecule has 1 aromatic carbocycles. The molecule has 0 saturated heterocycles. The van der Waals surface area contributed by atoms with Crippen LogP contribution in [0.3, 0.4) is 0 Å². The van der Waals surface area contributed by atoms with Crippen LogP contribution in [0.5, 0.6) is 0 Å². The van der Waals surface area contributed by atoms with E-state index in [-0.39, 0.29) is 5.41 Å². The maximum absolute atomic E-state index is 11.8. The largest absolute Gasteiger partial charge is 0.309 e. The lowest BCUT2D eigenvalue weighted by molar-refractivity contribution is 0.282. The number of rotatable bonds is 4. The van der Waals surface area contributed by atoms with Gasteiger partial charge in [-0.2, -0.15) is 0 Å². The Morgan fingerprint density at radius 1 is 1.40 bits per heavy atom. The fourth-order valence-electron chi connectivity index (χ4n) is 2.99. The molecule has 5 heteroatoms. The predicted octanol–water partition coefficient (Wildman–Crippen LogP) is 3.41. The second-order valence-electron chi connectivity index (χ2n) is 6.30. The molecule has 1 atom stereocenters. The zero-order valence-electron chi connectivity index (χ0n) is 12.2. The van der Waals surface area contributed by atoms with Crippen LogP contribution in [0.2, 0.25) is 5.02 Å². The smallest absolute Gasteiger partial charge is 0.175 e. The van der Waals surface area contributed by atoms with Crippen LogP contribution < -0.4 is 5.32 Å². The van der Waals surface area contributed by atoms with Crippen molar-refractivity contribution >= 4 is 21.4 Å². The van der Waals surface area contributed by atoms with Gasteiger partial charge in [-0.15, -0.1) is 0 Å². The zero-order chi connectivity index (χ0) is 15.0. The third kappa shape index (κ3) is 3.35. The van der Waals surface area contributed by atoms with Crippen LogP contribution >= 0.6 is 11.6 Å². The van der Waals surface area contributed by atoms with Crippen LogP contribution in [0.15, 0.2) is 23.1 Å². The molecule has 1 aromatic rings. The number of hydrogen-bond acceptors (Lipinski definition) is 3. The maximum atomic E-state index is 11.8. The minimum Gasteiger partial charge on any atom is -0.309 e. The lowest BCUT2D eigenvalue weighted by Gasteiger charge is -2.28. The molecule has 1 N–H and O–H groups in total. The normalized spacial score (nSPS) is 22.1. The molecule has 2 rings (SSSR count). The Balaban J connectivity index is 2.22. The summed E-state index contributed by atoms with van der Waals surface area (Å²) in [5.74, 6) is 0. The van der Waals surface area contributed by atoms with Crippen molar-refractivity contribution in [2.45, 2.75) is 50.6 Å². The molecule has 3 nitrogen and oxygen atoms in total. The van der Waals surface area contributed by atoms with E-state index in [2.05, 4.69) is 19.2 Å². The van der Waals surface area contributed by atoms with Gasteiger partial charge in [0.05, 0.1) is 4.90 Å². The summed E-state index contributed by atoms with van der Waals surface area (Å²) >= 11 is 6.19. The zero-order valence-corrected chi connectivity index (χ0v) is 13.8. The molecule has 0 amide bonds. The van der Waals surface area contributed by atoms with Crippen molar-refractivity contribution in [3.8, 4) is 0 Å². The van der Waals surface area contributed by atoms with E-state index >= 15 is 0 Å². The first-order valence-corrected chi connectivity index (χ1v) is 9.19. The number of benzene rings is 1. The summed E-state index contributed by atoms with van der Waals surface area (Å²) in [6.45, 7) is 5.00. The molecule has 1 aliphatic rings. The van der Waals surface area contributed by atoms with E-state index in [0.717, 1.165) is 6.42 Å². The predicted molar refractivity (Wildman–Crippen MR) is 82.8 cm³/mol. The third-order valence-corrected chi connectivity index (χ3v) is 5.79. The van der Waals surface area contributed by atoms with Crippen molar-refractivity contribution in [1.29, 1.82) is 0 Å². The van der Waals surface area contributed by atoms with E-state index in [1.165, 1.54) is 19.1 Å². The second kappa shape index (κ2) is 5.66. The molecular weight excluding hydrogens is 294 g/mol. The molecule has 1 saturated carbocycles. The summed E-state index contributed by atoms with van der Waals surface area (Å²) in [5, 5.41) is 4.00. The van der Waals surface area contributed by atoms with Gasteiger partial charge >= 0.3 is 0 Å². The number of halogens is 1. The van der Waals surface area contributed by atoms with Crippen molar-refractivity contribution in [2.75, 3.05) is 6.26 Å². The number of sulfone groups is 1. The van der Waals surface area contributed by atoms with Gasteiger partial charge in [0.25, 0.3) is 0 Å². The highest BCUT2D eigenvalue weighted by molar-refractivity contribution is 7.90. The van der Waals surface area contributed by atoms with Gasteiger partial charge < -0.3 is 5.32 Å². The fourth-order valence-corrected chi connectivity index (χ4v) is 4.24. The first-order valence-electron chi connectivity index (χ1n) is 6.92. The van der Waals surface area contributed by atoms with Crippen molar-refractivity contribution in [3.05, 3.63) is 28.8 Å². The van der Waals surface area contributed by atoms with E-state index in [9.17, 15) is 8.42 Å². The number of hydrogen-bond donors (Lipinski definition) is 1. The highest BCUT2D eigenvalue weighted by atomic mass is 35.5. The highest BCUT2D eigenvalue weighted by Crippen LogP contribution is 2.37. The van der Waals surface area contributed by atoms with E-state index in [0.29, 0.717) is 28.1 Å². The summed E-state index contributed by atoms with van der Waals surface area (Å²) in [6, 6.07) is 5.46. The minimum absolute atomic E-state index is 0.256. The van der Waals surface area contributed by atoms with Crippen LogP contribution in [-0.4, -0.2) is 20.7 Å². The topological polar surface area (TPSA) is 46.2 Å². The quantitative estimate of drug-likeness (QED) is 0.926. The molecule has 0 radical (unpaired) electrons. The van der Waals surface area contributed by atoms with Crippen LogP contribution in [-0.2, 0) is 16.4 Å². The number of nitrogens with one attached hydrogen (secondary N) is 1. The Bertz CT molecular complexity index is 596. The third-order valence-electron chi connectivity index (χ3n) is 4.26. The van der Waals surface area contributed by atoms with Gasteiger partial charge in [0.1, 0.15) is 0 Å². The summed E-state index contributed by atoms with van der Waals surface area (Å²) < 4.78 is 23.7. The summed E-state index contributed by atoms with van der Waals surface area (Å²) in [5.41, 5.74) is 0.936. The van der Waals surface area contributed by atoms with Gasteiger partial charge in [-0.1, -0.05) is 37.9 Å². The monoisotopic (exact) mass is 315 g/mol. The molecule has 1 fully saturated rings. The first kappa shape index (κ1) is 15.8. The Labute approximate surface area is 126 Å². The molecule has 0 aromatic heterocycles. The van der Waals surface area contributed by atoms with Gasteiger partial charge in [0.15, 0.2) is 9.84 Å². The van der Waals surface area contributed by atoms with E-state index in [1.807, 2.05) is 0 Å². The van der Waals surface area contributed by atoms with Crippen LogP contribution in [0.25, 0.3) is 0 Å². The molecule has 0 spiro atoms. The van der Waals surface area contributed by atoms with Gasteiger partial charge in [0.2, 0.25) is 0 Å². The first-order chi connectivity index (χ1) is 9.22. The van der Waals surface area contributed by atoms with Crippen LogP contribution in [0.4, 0.5) is 0 Å². The van der Waals surface area contributed by atoms with Crippen LogP contribution in [0, 0.1) is 5.41 Å². The molecular formula is C15H22ClNO2S. The second-order valence-corrected chi connectivity index (χ2v) is 8.69. The van der Waals surface area contributed by atoms with Gasteiger partial charge in [-0.25, -0.2) is 8.42 Å². The average Bonchev–Trinajstić information content (AvgIpc) is 2.65. The van der Waals surface area contributed by atoms with Crippen molar-refractivity contribution in [3.63, 3.8) is 0 Å². The molecule has 1 aliphatic carbocycles. The molecule has 0 bridgehead atoms. The highest BCUT2D eigenvalue weighted by Gasteiger charge is 2.34. The van der Waals surface area contributed by atoms with Gasteiger partial charge in [-0.3, -0.25) is 0 Å². The maximum Gasteiger partial charge on any atom is 0.175 e. The Kier molecular flexibility index (Phi) is 4.47. The molecule has 0 aliphatic heterocycles. The lowest BCUT2D eigenvalue weighted by Crippen LogP contribution is -2.37. The van der Waals surface area contributed by atoms with Crippen LogP contribution in [0.1, 0.15) is 38.7 Å². The standard InChI is InChI=1S/C15H22ClNO2S/c1-15(2)9-5-8-14(15)17-10-11-12(16)6-4-7-13(11)20(3,18)19/h4,6-7,14,17H,5,8-10H2,1-3H3. The SMILES string of the molecule is CC1(C)CCCC1NCc1c(Cl)cccc1S(C)(=O)=O. The van der Waals surface area contributed by atoms with Crippen molar-refractivity contribution in [2.24, 2.45) is 5.41 Å². The molecule has 20 heavy (non-hydrogen) atoms. The van der Waals surface area contributed by atoms with E-state index < -0.39 is 9.84 Å². The minimum atomic E-state index is -3.25. The fraction of sp³-hybridized carbons (Fsp3) is 0.600. The van der Waals surface area contributed by atoms with E-state index in [1.54, 1.807) is 18.2 Å². The van der Waals surface area contributed by atoms with Gasteiger partial charge in [0, 0.05) is 29.4 Å². The summed E-state index contributed by atoms with van der Waals surface area (Å²) in [6.07, 6.45) is 4.77. The molecule has 1 unspecified atom stereocenters. The molecule has 112 valence electrons. The van der Waals surface area contributed by atoms with Gasteiger partial charge in [-0.05, 0) is 30.4 Å². The Hall–Kier alpha value is -0.580. The van der Waals surface area contributed by atoms with E-state index in [4.69, 9.17) is 11.6 Å². The Morgan fingerprint density at radius 2 is 2.10 bits per heavy atom. The lowest BCUT2D eigenvalue weighted by atomic mass is 9.87. The Morgan fingerprint density at radius 3 is 2.65 bits per heavy atom. The van der Waals surface area contributed by atoms with Crippen molar-refractivity contribution in [1.82, 2.24) is 5.32 Å². The molecule has 0 heterocycles. The summed E-state index contributed by atoms with van der Waals surface area (Å²) in [4.78, 5) is 0.327. The average molecular weight is 316 g/mol.